The van der Waals surface area contributed by atoms with Crippen molar-refractivity contribution in [1.82, 2.24) is 0 Å². The van der Waals surface area contributed by atoms with Crippen LogP contribution in [0, 0.1) is 0 Å². The van der Waals surface area contributed by atoms with E-state index in [0.29, 0.717) is 18.6 Å². The molecule has 1 heteroatoms. The van der Waals surface area contributed by atoms with E-state index in [0.717, 1.165) is 12.8 Å². The highest BCUT2D eigenvalue weighted by molar-refractivity contribution is 6.63. The van der Waals surface area contributed by atoms with Crippen LogP contribution in [0.15, 0.2) is 84.9 Å². The van der Waals surface area contributed by atoms with Gasteiger partial charge < -0.3 is 0 Å². The van der Waals surface area contributed by atoms with E-state index in [1.165, 1.54) is 108 Å². The van der Waals surface area contributed by atoms with Crippen molar-refractivity contribution in [2.75, 3.05) is 0 Å². The molecule has 0 amide bonds. The quantitative estimate of drug-likeness (QED) is 0.160. The van der Waals surface area contributed by atoms with Crippen LogP contribution in [0.1, 0.15) is 60.4 Å². The van der Waals surface area contributed by atoms with E-state index in [2.05, 4.69) is 91.0 Å². The molecule has 5 aliphatic carbocycles. The van der Waals surface area contributed by atoms with Crippen molar-refractivity contribution in [3.05, 3.63) is 118 Å². The predicted molar refractivity (Wildman–Crippen MR) is 225 cm³/mol. The fourth-order valence-corrected chi connectivity index (χ4v) is 16.3. The second-order valence-corrected chi connectivity index (χ2v) is 18.1. The van der Waals surface area contributed by atoms with Crippen LogP contribution in [-0.4, -0.2) is 5.78 Å². The lowest BCUT2D eigenvalue weighted by atomic mass is 9.69. The molecule has 5 aliphatic rings. The topological polar surface area (TPSA) is 17.1 Å². The third-order valence-corrected chi connectivity index (χ3v) is 17.2. The summed E-state index contributed by atoms with van der Waals surface area (Å²) < 4.78 is 0. The largest absolute Gasteiger partial charge is 0.300 e. The minimum absolute atomic E-state index is 0.211. The number of carbonyl (C=O) groups is 1. The summed E-state index contributed by atoms with van der Waals surface area (Å²) in [5.41, 5.74) is 8.65. The van der Waals surface area contributed by atoms with Gasteiger partial charge in [-0.2, -0.15) is 0 Å². The molecule has 0 N–H and O–H groups in total. The van der Waals surface area contributed by atoms with Crippen molar-refractivity contribution in [2.45, 2.75) is 48.9 Å². The SMILES string of the molecule is CCC(=O)CCCC1(c2ccccc2)C23C4=c5ccc6c7ccc8c9ccc%10c%11ccc%12c(c2c2c%13c%14c%15c(c6c5C%1413)c7c8c1c9c%10c(c%11c%122)c%13c%151)C=C4. The van der Waals surface area contributed by atoms with Crippen LogP contribution in [-0.2, 0) is 21.0 Å². The molecule has 0 heterocycles. The molecule has 54 heavy (non-hydrogen) atoms. The third-order valence-electron chi connectivity index (χ3n) is 17.2. The first-order valence-corrected chi connectivity index (χ1v) is 20.2. The fraction of sp³-hybridized carbons (Fsp3) is 0.151. The van der Waals surface area contributed by atoms with E-state index < -0.39 is 0 Å². The summed E-state index contributed by atoms with van der Waals surface area (Å²) >= 11 is 0. The van der Waals surface area contributed by atoms with E-state index in [1.807, 2.05) is 6.92 Å². The molecule has 0 bridgehead atoms. The van der Waals surface area contributed by atoms with Crippen LogP contribution in [0.3, 0.4) is 0 Å². The number of rotatable bonds is 6. The van der Waals surface area contributed by atoms with Gasteiger partial charge in [-0.3, -0.25) is 4.79 Å². The molecular weight excluding hydrogens is 653 g/mol. The Morgan fingerprint density at radius 1 is 0.481 bits per heavy atom. The molecule has 18 rings (SSSR count). The van der Waals surface area contributed by atoms with Crippen molar-refractivity contribution < 1.29 is 4.79 Å². The number of benzene rings is 8. The number of Topliss-reactive ketones (excluding diaryl/α,β-unsaturated/α-hetero) is 1. The van der Waals surface area contributed by atoms with Gasteiger partial charge in [-0.25, -0.2) is 0 Å². The Kier molecular flexibility index (Phi) is 3.14. The molecule has 0 aliphatic heterocycles. The van der Waals surface area contributed by atoms with Crippen molar-refractivity contribution in [1.29, 1.82) is 0 Å². The van der Waals surface area contributed by atoms with Crippen molar-refractivity contribution in [3.8, 4) is 0 Å². The molecule has 0 aromatic heterocycles. The summed E-state index contributed by atoms with van der Waals surface area (Å²) in [4.78, 5) is 13.2. The highest BCUT2D eigenvalue weighted by Crippen LogP contribution is 2.93. The monoisotopic (exact) mass is 678 g/mol. The van der Waals surface area contributed by atoms with Crippen molar-refractivity contribution in [2.24, 2.45) is 0 Å². The lowest BCUT2D eigenvalue weighted by Gasteiger charge is -2.32. The normalized spacial score (nSPS) is 24.5. The van der Waals surface area contributed by atoms with Gasteiger partial charge in [0.2, 0.25) is 0 Å². The first-order valence-electron chi connectivity index (χ1n) is 20.2. The van der Waals surface area contributed by atoms with Gasteiger partial charge in [0.25, 0.3) is 0 Å². The molecule has 13 aromatic carbocycles. The first kappa shape index (κ1) is 25.1. The molecule has 1 nitrogen and oxygen atoms in total. The molecule has 13 aromatic rings. The Morgan fingerprint density at radius 2 is 1.00 bits per heavy atom. The third kappa shape index (κ3) is 1.74. The number of allylic oxidation sites excluding steroid dienone is 1. The van der Waals surface area contributed by atoms with Gasteiger partial charge in [-0.15, -0.1) is 0 Å². The molecule has 0 radical (unpaired) electrons. The summed E-state index contributed by atoms with van der Waals surface area (Å²) in [6.45, 7) is 2.04. The highest BCUT2D eigenvalue weighted by atomic mass is 16.1. The second-order valence-electron chi connectivity index (χ2n) is 18.1. The van der Waals surface area contributed by atoms with Crippen molar-refractivity contribution >= 4 is 136 Å². The molecular formula is C53H26O. The maximum absolute atomic E-state index is 13.2. The highest BCUT2D eigenvalue weighted by Gasteiger charge is 2.93. The molecule has 3 atom stereocenters. The average Bonchev–Trinajstić information content (AvgIpc) is 3.89. The Labute approximate surface area is 306 Å². The second kappa shape index (κ2) is 6.78. The van der Waals surface area contributed by atoms with Gasteiger partial charge in [-0.05, 0) is 170 Å². The average molecular weight is 679 g/mol. The Hall–Kier alpha value is -6.05. The van der Waals surface area contributed by atoms with Gasteiger partial charge in [0.05, 0.1) is 0 Å². The zero-order valence-electron chi connectivity index (χ0n) is 29.4. The Balaban J connectivity index is 1.25. The molecule has 1 saturated carbocycles. The number of hydrogen-bond donors (Lipinski definition) is 0. The number of hydrogen-bond acceptors (Lipinski definition) is 1. The molecule has 2 spiro atoms. The zero-order chi connectivity index (χ0) is 34.3. The molecule has 0 saturated heterocycles. The minimum atomic E-state index is -0.242. The summed E-state index contributed by atoms with van der Waals surface area (Å²) in [5.74, 6) is 0.388. The van der Waals surface area contributed by atoms with Crippen molar-refractivity contribution in [3.63, 3.8) is 0 Å². The minimum Gasteiger partial charge on any atom is -0.300 e. The van der Waals surface area contributed by atoms with Crippen LogP contribution in [0.4, 0.5) is 0 Å². The maximum Gasteiger partial charge on any atom is 0.132 e. The zero-order valence-corrected chi connectivity index (χ0v) is 29.4. The van der Waals surface area contributed by atoms with Crippen LogP contribution in [0.2, 0.25) is 0 Å². The van der Waals surface area contributed by atoms with Gasteiger partial charge in [0.15, 0.2) is 0 Å². The number of carbonyl (C=O) groups excluding carboxylic acids is 1. The maximum atomic E-state index is 13.2. The lowest BCUT2D eigenvalue weighted by molar-refractivity contribution is -0.118. The summed E-state index contributed by atoms with van der Waals surface area (Å²) in [7, 11) is 0. The standard InChI is InChI=1S/C53H26O/c1-2-22(54)9-6-20-51(21-7-4-3-5-8-21)52-32-19-18-30-29-15-14-26-25-11-10-23-24-12-13-27-28-16-17-31(32)49-39(28)42-36(27)35(24)40-33(23)34(25)41-37(26)38(29)45(48(30)52)47-44(41)43(40)46(42)50(47)53(49,51)52/h3-5,7-8,10-19H,2,6,9,20H2,1H3. The number of ketones is 1. The van der Waals surface area contributed by atoms with Gasteiger partial charge in [-0.1, -0.05) is 97.9 Å². The van der Waals surface area contributed by atoms with Crippen LogP contribution in [0.5, 0.6) is 0 Å². The fourth-order valence-electron chi connectivity index (χ4n) is 16.3. The summed E-state index contributed by atoms with van der Waals surface area (Å²) in [6.07, 6.45) is 8.28. The lowest BCUT2D eigenvalue weighted by Crippen LogP contribution is -2.31. The van der Waals surface area contributed by atoms with Crippen LogP contribution in [0.25, 0.3) is 130 Å². The van der Waals surface area contributed by atoms with E-state index in [4.69, 9.17) is 0 Å². The van der Waals surface area contributed by atoms with E-state index >= 15 is 0 Å². The van der Waals surface area contributed by atoms with E-state index in [1.54, 1.807) is 49.0 Å². The molecule has 244 valence electrons. The number of fused-ring (bicyclic) bond motifs is 4. The van der Waals surface area contributed by atoms with E-state index in [-0.39, 0.29) is 16.2 Å². The summed E-state index contributed by atoms with van der Waals surface area (Å²) in [6, 6.07) is 31.6. The van der Waals surface area contributed by atoms with E-state index in [9.17, 15) is 4.79 Å². The summed E-state index contributed by atoms with van der Waals surface area (Å²) in [5, 5.41) is 34.6. The molecule has 3 unspecified atom stereocenters. The van der Waals surface area contributed by atoms with Crippen LogP contribution >= 0.6 is 0 Å². The first-order chi connectivity index (χ1) is 26.7. The van der Waals surface area contributed by atoms with Crippen LogP contribution < -0.4 is 5.22 Å². The Bertz CT molecular complexity index is 4140. The molecule has 1 fully saturated rings. The smallest absolute Gasteiger partial charge is 0.132 e. The van der Waals surface area contributed by atoms with Gasteiger partial charge >= 0.3 is 0 Å². The predicted octanol–water partition coefficient (Wildman–Crippen LogP) is 12.3. The van der Waals surface area contributed by atoms with Gasteiger partial charge in [0.1, 0.15) is 5.78 Å². The Morgan fingerprint density at radius 3 is 1.65 bits per heavy atom. The van der Waals surface area contributed by atoms with Gasteiger partial charge in [0, 0.05) is 29.1 Å².